The maximum Gasteiger partial charge on any atom is 0.307 e. The summed E-state index contributed by atoms with van der Waals surface area (Å²) in [5.41, 5.74) is 5.75. The highest BCUT2D eigenvalue weighted by Crippen LogP contribution is 2.22. The molecule has 0 fully saturated rings. The molecule has 31 heavy (non-hydrogen) atoms. The van der Waals surface area contributed by atoms with Crippen LogP contribution in [-0.2, 0) is 26.9 Å². The van der Waals surface area contributed by atoms with Gasteiger partial charge < -0.3 is 4.74 Å². The Balaban J connectivity index is 1.77. The molecule has 0 spiro atoms. The van der Waals surface area contributed by atoms with Crippen LogP contribution in [0.4, 0.5) is 0 Å². The molecule has 0 saturated heterocycles. The van der Waals surface area contributed by atoms with Gasteiger partial charge in [-0.25, -0.2) is 8.93 Å². The molecule has 0 saturated carbocycles. The van der Waals surface area contributed by atoms with E-state index in [0.29, 0.717) is 11.5 Å². The first-order chi connectivity index (χ1) is 15.0. The predicted molar refractivity (Wildman–Crippen MR) is 125 cm³/mol. The van der Waals surface area contributed by atoms with Gasteiger partial charge in [0.05, 0.1) is 24.0 Å². The Hall–Kier alpha value is -2.76. The summed E-state index contributed by atoms with van der Waals surface area (Å²) in [6.45, 7) is 6.21. The van der Waals surface area contributed by atoms with Gasteiger partial charge in [0.1, 0.15) is 11.0 Å². The molecule has 4 nitrogen and oxygen atoms in total. The van der Waals surface area contributed by atoms with Gasteiger partial charge in [-0.05, 0) is 61.6 Å². The van der Waals surface area contributed by atoms with E-state index in [2.05, 4.69) is 42.0 Å². The van der Waals surface area contributed by atoms with Gasteiger partial charge in [-0.2, -0.15) is 0 Å². The summed E-state index contributed by atoms with van der Waals surface area (Å²) in [7, 11) is -1.44. The Bertz CT molecular complexity index is 1030. The minimum Gasteiger partial charge on any atom is -0.466 e. The molecule has 162 valence electrons. The molecule has 0 aliphatic heterocycles. The van der Waals surface area contributed by atoms with Gasteiger partial charge in [-0.15, -0.1) is 0 Å². The second-order valence-corrected chi connectivity index (χ2v) is 8.85. The molecular formula is C26H29NO3S. The topological polar surface area (TPSA) is 55.4 Å². The first kappa shape index (κ1) is 22.9. The number of carbonyl (C=O) groups is 1. The van der Waals surface area contributed by atoms with Crippen LogP contribution < -0.4 is 4.72 Å². The molecule has 3 rings (SSSR count). The van der Waals surface area contributed by atoms with E-state index >= 15 is 0 Å². The highest BCUT2D eigenvalue weighted by atomic mass is 32.2. The van der Waals surface area contributed by atoms with Crippen LogP contribution in [0, 0.1) is 13.8 Å². The van der Waals surface area contributed by atoms with Crippen molar-refractivity contribution in [3.8, 4) is 0 Å². The maximum absolute atomic E-state index is 12.9. The molecular weight excluding hydrogens is 406 g/mol. The lowest BCUT2D eigenvalue weighted by atomic mass is 9.98. The molecule has 0 aliphatic carbocycles. The highest BCUT2D eigenvalue weighted by Gasteiger charge is 2.20. The fourth-order valence-corrected chi connectivity index (χ4v) is 4.37. The van der Waals surface area contributed by atoms with Gasteiger partial charge in [0.25, 0.3) is 0 Å². The predicted octanol–water partition coefficient (Wildman–Crippen LogP) is 5.20. The van der Waals surface area contributed by atoms with Crippen LogP contribution in [0.2, 0.25) is 0 Å². The van der Waals surface area contributed by atoms with Crippen molar-refractivity contribution < 1.29 is 13.7 Å². The normalized spacial score (nSPS) is 12.9. The van der Waals surface area contributed by atoms with Crippen LogP contribution in [0.1, 0.15) is 47.2 Å². The summed E-state index contributed by atoms with van der Waals surface area (Å²) in [4.78, 5) is 12.9. The second-order valence-electron chi connectivity index (χ2n) is 7.61. The monoisotopic (exact) mass is 435 g/mol. The van der Waals surface area contributed by atoms with Gasteiger partial charge in [0.15, 0.2) is 0 Å². The van der Waals surface area contributed by atoms with E-state index in [9.17, 15) is 9.00 Å². The van der Waals surface area contributed by atoms with Crippen LogP contribution in [0.25, 0.3) is 0 Å². The fourth-order valence-electron chi connectivity index (χ4n) is 3.37. The minimum absolute atomic E-state index is 0.114. The first-order valence-electron chi connectivity index (χ1n) is 10.5. The van der Waals surface area contributed by atoms with E-state index in [1.165, 1.54) is 16.7 Å². The molecule has 0 heterocycles. The fraction of sp³-hybridized carbons (Fsp3) is 0.269. The van der Waals surface area contributed by atoms with Crippen molar-refractivity contribution in [2.75, 3.05) is 6.61 Å². The number of ether oxygens (including phenoxy) is 1. The molecule has 3 aromatic rings. The van der Waals surface area contributed by atoms with Crippen molar-refractivity contribution in [3.05, 3.63) is 101 Å². The van der Waals surface area contributed by atoms with Crippen molar-refractivity contribution in [3.63, 3.8) is 0 Å². The zero-order valence-corrected chi connectivity index (χ0v) is 19.1. The molecule has 1 N–H and O–H groups in total. The van der Waals surface area contributed by atoms with Crippen LogP contribution in [-0.4, -0.2) is 16.8 Å². The molecule has 0 amide bonds. The van der Waals surface area contributed by atoms with Gasteiger partial charge in [0.2, 0.25) is 0 Å². The largest absolute Gasteiger partial charge is 0.466 e. The van der Waals surface area contributed by atoms with E-state index < -0.39 is 17.0 Å². The molecule has 2 atom stereocenters. The van der Waals surface area contributed by atoms with Gasteiger partial charge >= 0.3 is 5.97 Å². The number of benzene rings is 3. The Morgan fingerprint density at radius 3 is 2.29 bits per heavy atom. The summed E-state index contributed by atoms with van der Waals surface area (Å²) in [5.74, 6) is -0.315. The van der Waals surface area contributed by atoms with Gasteiger partial charge in [-0.1, -0.05) is 66.2 Å². The highest BCUT2D eigenvalue weighted by molar-refractivity contribution is 7.83. The molecule has 5 heteroatoms. The minimum atomic E-state index is -1.44. The summed E-state index contributed by atoms with van der Waals surface area (Å²) in [6, 6.07) is 23.6. The number of esters is 1. The lowest BCUT2D eigenvalue weighted by Crippen LogP contribution is -2.26. The zero-order chi connectivity index (χ0) is 22.2. The molecule has 3 aromatic carbocycles. The first-order valence-corrected chi connectivity index (χ1v) is 11.6. The number of aryl methyl sites for hydroxylation is 2. The number of carbonyl (C=O) groups excluding carboxylic acids is 1. The average molecular weight is 436 g/mol. The van der Waals surface area contributed by atoms with E-state index in [-0.39, 0.29) is 12.4 Å². The summed E-state index contributed by atoms with van der Waals surface area (Å²) in [6.07, 6.45) is 0.959. The Kier molecular flexibility index (Phi) is 8.15. The van der Waals surface area contributed by atoms with Gasteiger partial charge in [0, 0.05) is 0 Å². The van der Waals surface area contributed by atoms with E-state index in [1.807, 2.05) is 49.4 Å². The van der Waals surface area contributed by atoms with Crippen molar-refractivity contribution in [2.24, 2.45) is 0 Å². The molecule has 0 bridgehead atoms. The number of hydrogen-bond acceptors (Lipinski definition) is 3. The van der Waals surface area contributed by atoms with Crippen LogP contribution in [0.3, 0.4) is 0 Å². The van der Waals surface area contributed by atoms with Crippen molar-refractivity contribution >= 4 is 17.0 Å². The molecule has 0 aromatic heterocycles. The summed E-state index contributed by atoms with van der Waals surface area (Å²) >= 11 is 0. The third-order valence-electron chi connectivity index (χ3n) is 5.20. The summed E-state index contributed by atoms with van der Waals surface area (Å²) in [5, 5.41) is 0. The van der Waals surface area contributed by atoms with E-state index in [1.54, 1.807) is 6.92 Å². The van der Waals surface area contributed by atoms with Crippen molar-refractivity contribution in [2.45, 2.75) is 44.6 Å². The second kappa shape index (κ2) is 11.0. The average Bonchev–Trinajstić information content (AvgIpc) is 2.76. The lowest BCUT2D eigenvalue weighted by molar-refractivity contribution is -0.143. The quantitative estimate of drug-likeness (QED) is 0.470. The Morgan fingerprint density at radius 2 is 1.65 bits per heavy atom. The molecule has 0 unspecified atom stereocenters. The Labute approximate surface area is 187 Å². The van der Waals surface area contributed by atoms with E-state index in [0.717, 1.165) is 17.5 Å². The van der Waals surface area contributed by atoms with Crippen LogP contribution >= 0.6 is 0 Å². The Morgan fingerprint density at radius 1 is 0.968 bits per heavy atom. The zero-order valence-electron chi connectivity index (χ0n) is 18.3. The standard InChI is InChI=1S/C26H29NO3S/c1-4-30-26(28)18-25(27-31(29)24-15-9-19(2)10-16-24)22-13-11-21(12-14-22)17-23-8-6-5-7-20(23)3/h5-16,25,27H,4,17-18H2,1-3H3/t25-,31-/m0/s1. The van der Waals surface area contributed by atoms with Crippen LogP contribution in [0.5, 0.6) is 0 Å². The van der Waals surface area contributed by atoms with Crippen molar-refractivity contribution in [1.29, 1.82) is 0 Å². The van der Waals surface area contributed by atoms with Crippen LogP contribution in [0.15, 0.2) is 77.7 Å². The third-order valence-corrected chi connectivity index (χ3v) is 6.40. The summed E-state index contributed by atoms with van der Waals surface area (Å²) < 4.78 is 21.1. The number of hydrogen-bond donors (Lipinski definition) is 1. The smallest absolute Gasteiger partial charge is 0.307 e. The third kappa shape index (κ3) is 6.61. The van der Waals surface area contributed by atoms with E-state index in [4.69, 9.17) is 4.74 Å². The molecule has 0 radical (unpaired) electrons. The molecule has 0 aliphatic rings. The SMILES string of the molecule is CCOC(=O)C[C@H](N[S@@](=O)c1ccc(C)cc1)c1ccc(Cc2ccccc2C)cc1. The van der Waals surface area contributed by atoms with Gasteiger partial charge in [-0.3, -0.25) is 4.79 Å². The number of rotatable bonds is 9. The number of nitrogens with one attached hydrogen (secondary N) is 1. The van der Waals surface area contributed by atoms with Crippen molar-refractivity contribution in [1.82, 2.24) is 4.72 Å². The maximum atomic E-state index is 12.9. The lowest BCUT2D eigenvalue weighted by Gasteiger charge is -2.18.